The molecular weight excluding hydrogens is 254 g/mol. The van der Waals surface area contributed by atoms with Crippen LogP contribution in [0.3, 0.4) is 0 Å². The first-order chi connectivity index (χ1) is 9.28. The van der Waals surface area contributed by atoms with Crippen molar-refractivity contribution in [3.63, 3.8) is 0 Å². The monoisotopic (exact) mass is 283 g/mol. The second-order valence-electron chi connectivity index (χ2n) is 7.24. The number of likely N-dealkylation sites (tertiary alicyclic amines) is 2. The van der Waals surface area contributed by atoms with Crippen LogP contribution in [0.15, 0.2) is 0 Å². The summed E-state index contributed by atoms with van der Waals surface area (Å²) in [7, 11) is 2.11. The van der Waals surface area contributed by atoms with Crippen LogP contribution in [0.4, 0.5) is 4.79 Å². The second-order valence-corrected chi connectivity index (χ2v) is 7.24. The number of nitrogens with two attached hydrogens (primary N) is 1. The molecule has 2 aliphatic heterocycles. The van der Waals surface area contributed by atoms with Crippen LogP contribution in [-0.4, -0.2) is 59.8 Å². The van der Waals surface area contributed by atoms with E-state index in [0.717, 1.165) is 32.4 Å². The number of rotatable bonds is 1. The number of piperidine rings is 1. The molecule has 2 fully saturated rings. The molecule has 2 aliphatic rings. The molecule has 0 aromatic heterocycles. The summed E-state index contributed by atoms with van der Waals surface area (Å²) >= 11 is 0. The predicted octanol–water partition coefficient (Wildman–Crippen LogP) is 1.81. The van der Waals surface area contributed by atoms with Gasteiger partial charge in [0.25, 0.3) is 0 Å². The quantitative estimate of drug-likeness (QED) is 0.797. The first-order valence-electron chi connectivity index (χ1n) is 7.73. The van der Waals surface area contributed by atoms with Crippen LogP contribution in [-0.2, 0) is 4.74 Å². The summed E-state index contributed by atoms with van der Waals surface area (Å²) in [4.78, 5) is 16.7. The molecule has 0 radical (unpaired) electrons. The zero-order valence-corrected chi connectivity index (χ0v) is 13.3. The zero-order valence-electron chi connectivity index (χ0n) is 13.3. The van der Waals surface area contributed by atoms with Crippen molar-refractivity contribution in [2.45, 2.75) is 70.2 Å². The van der Waals surface area contributed by atoms with Crippen molar-refractivity contribution < 1.29 is 9.53 Å². The lowest BCUT2D eigenvalue weighted by molar-refractivity contribution is -0.000525. The summed E-state index contributed by atoms with van der Waals surface area (Å²) < 4.78 is 5.57. The number of ether oxygens (including phenoxy) is 1. The maximum absolute atomic E-state index is 12.4. The molecule has 0 aromatic carbocycles. The van der Waals surface area contributed by atoms with Gasteiger partial charge in [-0.05, 0) is 53.5 Å². The minimum Gasteiger partial charge on any atom is -0.444 e. The molecule has 116 valence electrons. The van der Waals surface area contributed by atoms with Gasteiger partial charge in [0.05, 0.1) is 6.04 Å². The van der Waals surface area contributed by atoms with Crippen LogP contribution in [0.5, 0.6) is 0 Å². The molecule has 0 aromatic rings. The van der Waals surface area contributed by atoms with Gasteiger partial charge in [-0.3, -0.25) is 4.90 Å². The summed E-state index contributed by atoms with van der Waals surface area (Å²) in [6.45, 7) is 7.48. The standard InChI is InChI=1S/C15H29N3O2/c1-15(2,3)20-14(19)18-8-6-5-7-12(18)13-9-11(16)10-17(13)4/h11-13H,5-10,16H2,1-4H3/t11?,12-,13?/m1/s1. The van der Waals surface area contributed by atoms with Crippen LogP contribution >= 0.6 is 0 Å². The normalized spacial score (nSPS) is 32.5. The number of nitrogens with zero attached hydrogens (tertiary/aromatic N) is 2. The summed E-state index contributed by atoms with van der Waals surface area (Å²) in [6, 6.07) is 0.849. The minimum absolute atomic E-state index is 0.170. The third kappa shape index (κ3) is 3.64. The van der Waals surface area contributed by atoms with Gasteiger partial charge in [-0.25, -0.2) is 4.79 Å². The molecular formula is C15H29N3O2. The Morgan fingerprint density at radius 3 is 2.50 bits per heavy atom. The first-order valence-corrected chi connectivity index (χ1v) is 7.73. The molecule has 2 N–H and O–H groups in total. The molecule has 2 saturated heterocycles. The Morgan fingerprint density at radius 1 is 1.25 bits per heavy atom. The predicted molar refractivity (Wildman–Crippen MR) is 79.6 cm³/mol. The number of amides is 1. The SMILES string of the molecule is CN1CC(N)CC1[C@H]1CCCCN1C(=O)OC(C)(C)C. The van der Waals surface area contributed by atoms with E-state index >= 15 is 0 Å². The third-order valence-corrected chi connectivity index (χ3v) is 4.25. The second kappa shape index (κ2) is 5.90. The van der Waals surface area contributed by atoms with Crippen molar-refractivity contribution in [3.05, 3.63) is 0 Å². The molecule has 2 unspecified atom stereocenters. The highest BCUT2D eigenvalue weighted by atomic mass is 16.6. The summed E-state index contributed by atoms with van der Waals surface area (Å²) in [6.07, 6.45) is 4.11. The lowest BCUT2D eigenvalue weighted by Gasteiger charge is -2.41. The maximum atomic E-state index is 12.4. The van der Waals surface area contributed by atoms with E-state index in [1.807, 2.05) is 25.7 Å². The van der Waals surface area contributed by atoms with Gasteiger partial charge in [0.2, 0.25) is 0 Å². The number of carbonyl (C=O) groups is 1. The van der Waals surface area contributed by atoms with E-state index in [4.69, 9.17) is 10.5 Å². The Labute approximate surface area is 122 Å². The van der Waals surface area contributed by atoms with Crippen LogP contribution in [0, 0.1) is 0 Å². The average Bonchev–Trinajstić information content (AvgIpc) is 2.66. The Morgan fingerprint density at radius 2 is 1.95 bits per heavy atom. The molecule has 2 heterocycles. The summed E-state index contributed by atoms with van der Waals surface area (Å²) in [5.41, 5.74) is 5.64. The molecule has 0 aliphatic carbocycles. The van der Waals surface area contributed by atoms with E-state index in [2.05, 4.69) is 11.9 Å². The van der Waals surface area contributed by atoms with Crippen LogP contribution in [0.1, 0.15) is 46.5 Å². The third-order valence-electron chi connectivity index (χ3n) is 4.25. The summed E-state index contributed by atoms with van der Waals surface area (Å²) in [5, 5.41) is 0. The molecule has 3 atom stereocenters. The average molecular weight is 283 g/mol. The van der Waals surface area contributed by atoms with Gasteiger partial charge in [-0.15, -0.1) is 0 Å². The zero-order chi connectivity index (χ0) is 14.9. The van der Waals surface area contributed by atoms with Gasteiger partial charge >= 0.3 is 6.09 Å². The van der Waals surface area contributed by atoms with Crippen molar-refractivity contribution in [2.24, 2.45) is 5.73 Å². The fraction of sp³-hybridized carbons (Fsp3) is 0.933. The van der Waals surface area contributed by atoms with Crippen LogP contribution < -0.4 is 5.73 Å². The first kappa shape index (κ1) is 15.6. The summed E-state index contributed by atoms with van der Waals surface area (Å²) in [5.74, 6) is 0. The van der Waals surface area contributed by atoms with E-state index in [0.29, 0.717) is 6.04 Å². The lowest BCUT2D eigenvalue weighted by Crippen LogP contribution is -2.53. The van der Waals surface area contributed by atoms with E-state index in [9.17, 15) is 4.79 Å². The molecule has 20 heavy (non-hydrogen) atoms. The van der Waals surface area contributed by atoms with E-state index in [1.54, 1.807) is 0 Å². The molecule has 2 rings (SSSR count). The van der Waals surface area contributed by atoms with Crippen molar-refractivity contribution >= 4 is 6.09 Å². The number of carbonyl (C=O) groups excluding carboxylic acids is 1. The van der Waals surface area contributed by atoms with Gasteiger partial charge < -0.3 is 15.4 Å². The Kier molecular flexibility index (Phi) is 4.59. The van der Waals surface area contributed by atoms with E-state index < -0.39 is 5.60 Å². The maximum Gasteiger partial charge on any atom is 0.410 e. The van der Waals surface area contributed by atoms with Crippen molar-refractivity contribution in [1.82, 2.24) is 9.80 Å². The van der Waals surface area contributed by atoms with Gasteiger partial charge in [0.15, 0.2) is 0 Å². The Balaban J connectivity index is 2.07. The number of hydrogen-bond donors (Lipinski definition) is 1. The number of hydrogen-bond acceptors (Lipinski definition) is 4. The number of likely N-dealkylation sites (N-methyl/N-ethyl adjacent to an activating group) is 1. The van der Waals surface area contributed by atoms with Crippen molar-refractivity contribution in [3.8, 4) is 0 Å². The molecule has 0 spiro atoms. The van der Waals surface area contributed by atoms with Gasteiger partial charge in [-0.1, -0.05) is 0 Å². The van der Waals surface area contributed by atoms with E-state index in [1.165, 1.54) is 6.42 Å². The van der Waals surface area contributed by atoms with Gasteiger partial charge in [0.1, 0.15) is 5.60 Å². The molecule has 0 saturated carbocycles. The topological polar surface area (TPSA) is 58.8 Å². The van der Waals surface area contributed by atoms with Crippen molar-refractivity contribution in [1.29, 1.82) is 0 Å². The molecule has 5 heteroatoms. The van der Waals surface area contributed by atoms with Crippen LogP contribution in [0.2, 0.25) is 0 Å². The molecule has 5 nitrogen and oxygen atoms in total. The van der Waals surface area contributed by atoms with Crippen molar-refractivity contribution in [2.75, 3.05) is 20.1 Å². The fourth-order valence-corrected chi connectivity index (χ4v) is 3.43. The van der Waals surface area contributed by atoms with E-state index in [-0.39, 0.29) is 18.2 Å². The largest absolute Gasteiger partial charge is 0.444 e. The highest BCUT2D eigenvalue weighted by molar-refractivity contribution is 5.68. The molecule has 0 bridgehead atoms. The minimum atomic E-state index is -0.433. The van der Waals surface area contributed by atoms with Crippen LogP contribution in [0.25, 0.3) is 0 Å². The Hall–Kier alpha value is -0.810. The highest BCUT2D eigenvalue weighted by Gasteiger charge is 2.40. The lowest BCUT2D eigenvalue weighted by atomic mass is 9.94. The highest BCUT2D eigenvalue weighted by Crippen LogP contribution is 2.29. The van der Waals surface area contributed by atoms with Gasteiger partial charge in [0, 0.05) is 25.2 Å². The molecule has 1 amide bonds. The Bertz CT molecular complexity index is 354. The smallest absolute Gasteiger partial charge is 0.410 e. The fourth-order valence-electron chi connectivity index (χ4n) is 3.43. The van der Waals surface area contributed by atoms with Gasteiger partial charge in [-0.2, -0.15) is 0 Å².